The molecule has 0 radical (unpaired) electrons. The second-order valence-electron chi connectivity index (χ2n) is 3.72. The first-order chi connectivity index (χ1) is 6.33. The number of nitrogens with zero attached hydrogens (tertiary/aromatic N) is 3. The molecule has 0 amide bonds. The summed E-state index contributed by atoms with van der Waals surface area (Å²) in [5.41, 5.74) is 5.99. The average Bonchev–Trinajstić information content (AvgIpc) is 2.84. The lowest BCUT2D eigenvalue weighted by Gasteiger charge is -2.10. The predicted octanol–water partition coefficient (Wildman–Crippen LogP) is 1.41. The van der Waals surface area contributed by atoms with Crippen molar-refractivity contribution in [3.8, 4) is 0 Å². The molecular formula is C9H16N4. The van der Waals surface area contributed by atoms with Gasteiger partial charge in [0.25, 0.3) is 0 Å². The highest BCUT2D eigenvalue weighted by Gasteiger charge is 2.27. The van der Waals surface area contributed by atoms with Crippen LogP contribution in [0.2, 0.25) is 0 Å². The van der Waals surface area contributed by atoms with Crippen molar-refractivity contribution in [3.05, 3.63) is 12.2 Å². The average molecular weight is 180 g/mol. The van der Waals surface area contributed by atoms with Crippen molar-refractivity contribution in [2.24, 2.45) is 5.73 Å². The van der Waals surface area contributed by atoms with E-state index < -0.39 is 0 Å². The van der Waals surface area contributed by atoms with Crippen LogP contribution in [0.15, 0.2) is 6.33 Å². The van der Waals surface area contributed by atoms with Crippen LogP contribution in [0.4, 0.5) is 0 Å². The quantitative estimate of drug-likeness (QED) is 0.762. The van der Waals surface area contributed by atoms with Gasteiger partial charge in [-0.3, -0.25) is 0 Å². The van der Waals surface area contributed by atoms with Gasteiger partial charge >= 0.3 is 0 Å². The van der Waals surface area contributed by atoms with Gasteiger partial charge in [0.15, 0.2) is 0 Å². The molecule has 4 heteroatoms. The van der Waals surface area contributed by atoms with E-state index in [1.807, 2.05) is 6.33 Å². The Kier molecular flexibility index (Phi) is 2.31. The Balaban J connectivity index is 2.13. The van der Waals surface area contributed by atoms with Gasteiger partial charge in [0.1, 0.15) is 12.2 Å². The van der Waals surface area contributed by atoms with Gasteiger partial charge in [0.2, 0.25) is 0 Å². The highest BCUT2D eigenvalue weighted by molar-refractivity contribution is 4.99. The maximum absolute atomic E-state index is 5.99. The lowest BCUT2D eigenvalue weighted by Crippen LogP contribution is -2.15. The summed E-state index contributed by atoms with van der Waals surface area (Å²) in [4.78, 5) is 0. The molecule has 1 unspecified atom stereocenters. The predicted molar refractivity (Wildman–Crippen MR) is 50.1 cm³/mol. The summed E-state index contributed by atoms with van der Waals surface area (Å²) in [6, 6.07) is 0.695. The van der Waals surface area contributed by atoms with Crippen LogP contribution in [-0.4, -0.2) is 14.8 Å². The molecule has 72 valence electrons. The minimum absolute atomic E-state index is 0.0631. The molecule has 1 aromatic rings. The Morgan fingerprint density at radius 3 is 3.08 bits per heavy atom. The van der Waals surface area contributed by atoms with E-state index in [2.05, 4.69) is 21.7 Å². The van der Waals surface area contributed by atoms with Gasteiger partial charge in [-0.1, -0.05) is 13.3 Å². The normalized spacial score (nSPS) is 18.9. The summed E-state index contributed by atoms with van der Waals surface area (Å²) in [5, 5.41) is 8.00. The zero-order valence-electron chi connectivity index (χ0n) is 7.98. The number of hydrogen-bond donors (Lipinski definition) is 1. The number of rotatable bonds is 4. The van der Waals surface area contributed by atoms with Gasteiger partial charge < -0.3 is 10.3 Å². The van der Waals surface area contributed by atoms with E-state index in [1.54, 1.807) is 0 Å². The lowest BCUT2D eigenvalue weighted by molar-refractivity contribution is 0.554. The summed E-state index contributed by atoms with van der Waals surface area (Å²) in [7, 11) is 0. The highest BCUT2D eigenvalue weighted by Crippen LogP contribution is 2.36. The van der Waals surface area contributed by atoms with Crippen LogP contribution < -0.4 is 5.73 Å². The molecule has 0 aliphatic heterocycles. The third-order valence-corrected chi connectivity index (χ3v) is 2.47. The van der Waals surface area contributed by atoms with Crippen molar-refractivity contribution < 1.29 is 0 Å². The fourth-order valence-corrected chi connectivity index (χ4v) is 1.59. The SMILES string of the molecule is CCCC(N)c1nncn1C1CC1. The van der Waals surface area contributed by atoms with Gasteiger partial charge in [0, 0.05) is 6.04 Å². The molecule has 2 rings (SSSR count). The van der Waals surface area contributed by atoms with Crippen molar-refractivity contribution in [2.45, 2.75) is 44.7 Å². The summed E-state index contributed by atoms with van der Waals surface area (Å²) >= 11 is 0. The van der Waals surface area contributed by atoms with Gasteiger partial charge in [-0.2, -0.15) is 0 Å². The number of hydrogen-bond acceptors (Lipinski definition) is 3. The number of nitrogens with two attached hydrogens (primary N) is 1. The highest BCUT2D eigenvalue weighted by atomic mass is 15.3. The third kappa shape index (κ3) is 1.72. The van der Waals surface area contributed by atoms with Crippen molar-refractivity contribution in [2.75, 3.05) is 0 Å². The topological polar surface area (TPSA) is 56.7 Å². The van der Waals surface area contributed by atoms with Crippen LogP contribution in [0.5, 0.6) is 0 Å². The second-order valence-corrected chi connectivity index (χ2v) is 3.72. The van der Waals surface area contributed by atoms with E-state index in [0.717, 1.165) is 18.7 Å². The zero-order chi connectivity index (χ0) is 9.26. The lowest BCUT2D eigenvalue weighted by atomic mass is 10.2. The maximum atomic E-state index is 5.99. The number of aromatic nitrogens is 3. The third-order valence-electron chi connectivity index (χ3n) is 2.47. The van der Waals surface area contributed by atoms with Crippen molar-refractivity contribution in [1.82, 2.24) is 14.8 Å². The molecule has 13 heavy (non-hydrogen) atoms. The molecule has 1 aliphatic carbocycles. The fraction of sp³-hybridized carbons (Fsp3) is 0.778. The summed E-state index contributed by atoms with van der Waals surface area (Å²) < 4.78 is 2.14. The monoisotopic (exact) mass is 180 g/mol. The standard InChI is InChI=1S/C9H16N4/c1-2-3-8(10)9-12-11-6-13(9)7-4-5-7/h6-8H,2-5,10H2,1H3. The summed E-state index contributed by atoms with van der Waals surface area (Å²) in [6.07, 6.45) is 6.40. The minimum atomic E-state index is 0.0631. The Morgan fingerprint density at radius 2 is 2.46 bits per heavy atom. The van der Waals surface area contributed by atoms with Gasteiger partial charge in [-0.25, -0.2) is 0 Å². The fourth-order valence-electron chi connectivity index (χ4n) is 1.59. The Morgan fingerprint density at radius 1 is 1.69 bits per heavy atom. The molecule has 1 aromatic heterocycles. The van der Waals surface area contributed by atoms with E-state index in [-0.39, 0.29) is 6.04 Å². The van der Waals surface area contributed by atoms with Gasteiger partial charge in [-0.05, 0) is 19.3 Å². The Hall–Kier alpha value is -0.900. The van der Waals surface area contributed by atoms with E-state index >= 15 is 0 Å². The van der Waals surface area contributed by atoms with Crippen LogP contribution in [0.1, 0.15) is 50.5 Å². The summed E-state index contributed by atoms with van der Waals surface area (Å²) in [5.74, 6) is 0.962. The molecule has 1 saturated carbocycles. The van der Waals surface area contributed by atoms with Crippen molar-refractivity contribution >= 4 is 0 Å². The zero-order valence-corrected chi connectivity index (χ0v) is 7.98. The Bertz CT molecular complexity index is 277. The maximum Gasteiger partial charge on any atom is 0.150 e. The molecule has 0 spiro atoms. The van der Waals surface area contributed by atoms with Crippen LogP contribution in [0.25, 0.3) is 0 Å². The Labute approximate surface area is 78.1 Å². The molecule has 0 bridgehead atoms. The molecule has 2 N–H and O–H groups in total. The van der Waals surface area contributed by atoms with E-state index in [1.165, 1.54) is 12.8 Å². The summed E-state index contributed by atoms with van der Waals surface area (Å²) in [6.45, 7) is 2.14. The first kappa shape index (κ1) is 8.69. The molecule has 0 aromatic carbocycles. The van der Waals surface area contributed by atoms with E-state index in [0.29, 0.717) is 6.04 Å². The first-order valence-electron chi connectivity index (χ1n) is 4.98. The second kappa shape index (κ2) is 3.46. The molecular weight excluding hydrogens is 164 g/mol. The molecule has 1 fully saturated rings. The molecule has 1 atom stereocenters. The van der Waals surface area contributed by atoms with Gasteiger partial charge in [0.05, 0.1) is 6.04 Å². The first-order valence-corrected chi connectivity index (χ1v) is 4.98. The molecule has 1 aliphatic rings. The van der Waals surface area contributed by atoms with Crippen molar-refractivity contribution in [3.63, 3.8) is 0 Å². The van der Waals surface area contributed by atoms with E-state index in [4.69, 9.17) is 5.73 Å². The largest absolute Gasteiger partial charge is 0.321 e. The van der Waals surface area contributed by atoms with E-state index in [9.17, 15) is 0 Å². The van der Waals surface area contributed by atoms with Crippen LogP contribution in [-0.2, 0) is 0 Å². The molecule has 4 nitrogen and oxygen atoms in total. The van der Waals surface area contributed by atoms with Crippen LogP contribution in [0, 0.1) is 0 Å². The van der Waals surface area contributed by atoms with Crippen LogP contribution >= 0.6 is 0 Å². The smallest absolute Gasteiger partial charge is 0.150 e. The van der Waals surface area contributed by atoms with Crippen LogP contribution in [0.3, 0.4) is 0 Å². The van der Waals surface area contributed by atoms with Gasteiger partial charge in [-0.15, -0.1) is 10.2 Å². The molecule has 1 heterocycles. The van der Waals surface area contributed by atoms with Crippen molar-refractivity contribution in [1.29, 1.82) is 0 Å². The molecule has 0 saturated heterocycles. The minimum Gasteiger partial charge on any atom is -0.321 e.